The Kier molecular flexibility index (Phi) is 3.20. The van der Waals surface area contributed by atoms with Crippen LogP contribution in [0.5, 0.6) is 0 Å². The standard InChI is InChI=1S/C17H14N6/c1-11-6-8-12(9-7-11)10-18-22-17-20-16-15(21-23-17)13-4-2-3-5-14(13)19-16/h2-10H,1H3,(H2,19,20,22,23)/b18-10+. The minimum atomic E-state index is 0.354. The lowest BCUT2D eigenvalue weighted by atomic mass is 10.2. The predicted molar refractivity (Wildman–Crippen MR) is 91.6 cm³/mol. The van der Waals surface area contributed by atoms with Crippen LogP contribution < -0.4 is 5.43 Å². The van der Waals surface area contributed by atoms with Gasteiger partial charge in [0.1, 0.15) is 5.52 Å². The number of nitrogens with one attached hydrogen (secondary N) is 2. The monoisotopic (exact) mass is 302 g/mol. The lowest BCUT2D eigenvalue weighted by molar-refractivity contribution is 1.01. The number of hydrazone groups is 1. The summed E-state index contributed by atoms with van der Waals surface area (Å²) in [5.74, 6) is 0.354. The Hall–Kier alpha value is -3.28. The molecule has 0 amide bonds. The minimum absolute atomic E-state index is 0.354. The molecular formula is C17H14N6. The van der Waals surface area contributed by atoms with Crippen molar-refractivity contribution in [3.05, 3.63) is 59.7 Å². The SMILES string of the molecule is Cc1ccc(/C=N/Nc2nnc3c(n2)[nH]c2ccccc23)cc1. The highest BCUT2D eigenvalue weighted by molar-refractivity contribution is 6.03. The summed E-state index contributed by atoms with van der Waals surface area (Å²) in [5.41, 5.74) is 7.46. The molecule has 23 heavy (non-hydrogen) atoms. The molecule has 112 valence electrons. The Morgan fingerprint density at radius 1 is 1.04 bits per heavy atom. The molecule has 6 nitrogen and oxygen atoms in total. The first-order chi connectivity index (χ1) is 11.3. The number of nitrogens with zero attached hydrogens (tertiary/aromatic N) is 4. The number of para-hydroxylation sites is 1. The van der Waals surface area contributed by atoms with E-state index in [4.69, 9.17) is 0 Å². The maximum absolute atomic E-state index is 4.40. The van der Waals surface area contributed by atoms with Crippen LogP contribution in [0.1, 0.15) is 11.1 Å². The third-order valence-electron chi connectivity index (χ3n) is 3.58. The van der Waals surface area contributed by atoms with Gasteiger partial charge in [0, 0.05) is 10.9 Å². The molecule has 2 aromatic carbocycles. The van der Waals surface area contributed by atoms with Crippen LogP contribution in [-0.4, -0.2) is 26.4 Å². The van der Waals surface area contributed by atoms with Crippen LogP contribution in [0.15, 0.2) is 53.6 Å². The number of aromatic amines is 1. The second kappa shape index (κ2) is 5.49. The van der Waals surface area contributed by atoms with Crippen molar-refractivity contribution in [3.63, 3.8) is 0 Å². The molecule has 2 heterocycles. The van der Waals surface area contributed by atoms with Crippen LogP contribution in [0.2, 0.25) is 0 Å². The molecule has 2 aromatic heterocycles. The van der Waals surface area contributed by atoms with Gasteiger partial charge in [-0.2, -0.15) is 10.1 Å². The van der Waals surface area contributed by atoms with Crippen LogP contribution in [0.4, 0.5) is 5.95 Å². The van der Waals surface area contributed by atoms with E-state index < -0.39 is 0 Å². The summed E-state index contributed by atoms with van der Waals surface area (Å²) in [4.78, 5) is 7.63. The lowest BCUT2D eigenvalue weighted by Gasteiger charge is -1.97. The molecule has 0 fully saturated rings. The van der Waals surface area contributed by atoms with Gasteiger partial charge in [0.15, 0.2) is 5.65 Å². The van der Waals surface area contributed by atoms with Gasteiger partial charge in [-0.25, -0.2) is 5.43 Å². The molecule has 0 saturated heterocycles. The summed E-state index contributed by atoms with van der Waals surface area (Å²) in [6.07, 6.45) is 1.72. The van der Waals surface area contributed by atoms with Crippen LogP contribution >= 0.6 is 0 Å². The zero-order chi connectivity index (χ0) is 15.6. The van der Waals surface area contributed by atoms with Gasteiger partial charge in [0.05, 0.1) is 6.21 Å². The molecule has 0 spiro atoms. The predicted octanol–water partition coefficient (Wildman–Crippen LogP) is 3.26. The summed E-state index contributed by atoms with van der Waals surface area (Å²) in [5, 5.41) is 13.5. The third kappa shape index (κ3) is 2.62. The van der Waals surface area contributed by atoms with E-state index in [-0.39, 0.29) is 0 Å². The summed E-state index contributed by atoms with van der Waals surface area (Å²) in [7, 11) is 0. The molecular weight excluding hydrogens is 288 g/mol. The molecule has 0 atom stereocenters. The van der Waals surface area contributed by atoms with E-state index >= 15 is 0 Å². The number of hydrogen-bond acceptors (Lipinski definition) is 5. The number of rotatable bonds is 3. The van der Waals surface area contributed by atoms with Crippen LogP contribution in [0.25, 0.3) is 22.1 Å². The molecule has 0 bridgehead atoms. The van der Waals surface area contributed by atoms with Crippen LogP contribution in [0, 0.1) is 6.92 Å². The molecule has 2 N–H and O–H groups in total. The third-order valence-corrected chi connectivity index (χ3v) is 3.58. The van der Waals surface area contributed by atoms with Crippen molar-refractivity contribution in [3.8, 4) is 0 Å². The Bertz CT molecular complexity index is 1000. The zero-order valence-corrected chi connectivity index (χ0v) is 12.5. The lowest BCUT2D eigenvalue weighted by Crippen LogP contribution is -1.98. The van der Waals surface area contributed by atoms with E-state index in [1.165, 1.54) is 5.56 Å². The Morgan fingerprint density at radius 2 is 1.87 bits per heavy atom. The van der Waals surface area contributed by atoms with Crippen LogP contribution in [-0.2, 0) is 0 Å². The van der Waals surface area contributed by atoms with Gasteiger partial charge in [-0.1, -0.05) is 48.0 Å². The Labute approximate surface area is 132 Å². The quantitative estimate of drug-likeness (QED) is 0.450. The van der Waals surface area contributed by atoms with E-state index in [1.54, 1.807) is 6.21 Å². The Morgan fingerprint density at radius 3 is 2.74 bits per heavy atom. The molecule has 4 rings (SSSR count). The van der Waals surface area contributed by atoms with Gasteiger partial charge in [-0.15, -0.1) is 10.2 Å². The number of fused-ring (bicyclic) bond motifs is 3. The van der Waals surface area contributed by atoms with Gasteiger partial charge in [-0.3, -0.25) is 0 Å². The largest absolute Gasteiger partial charge is 0.338 e. The van der Waals surface area contributed by atoms with Gasteiger partial charge in [0.2, 0.25) is 0 Å². The summed E-state index contributed by atoms with van der Waals surface area (Å²) in [6, 6.07) is 16.0. The maximum atomic E-state index is 4.40. The highest BCUT2D eigenvalue weighted by atomic mass is 15.4. The molecule has 0 unspecified atom stereocenters. The normalized spacial score (nSPS) is 11.5. The number of aromatic nitrogens is 4. The molecule has 0 radical (unpaired) electrons. The molecule has 0 aliphatic rings. The first kappa shape index (κ1) is 13.4. The smallest absolute Gasteiger partial charge is 0.265 e. The van der Waals surface area contributed by atoms with Crippen LogP contribution in [0.3, 0.4) is 0 Å². The topological polar surface area (TPSA) is 78.8 Å². The van der Waals surface area contributed by atoms with E-state index in [9.17, 15) is 0 Å². The number of aryl methyl sites for hydroxylation is 1. The zero-order valence-electron chi connectivity index (χ0n) is 12.5. The van der Waals surface area contributed by atoms with Gasteiger partial charge in [-0.05, 0) is 18.6 Å². The number of hydrogen-bond donors (Lipinski definition) is 2. The van der Waals surface area contributed by atoms with E-state index in [0.717, 1.165) is 22.0 Å². The van der Waals surface area contributed by atoms with Crippen molar-refractivity contribution < 1.29 is 0 Å². The van der Waals surface area contributed by atoms with Gasteiger partial charge < -0.3 is 4.98 Å². The number of H-pyrrole nitrogens is 1. The fourth-order valence-corrected chi connectivity index (χ4v) is 2.39. The summed E-state index contributed by atoms with van der Waals surface area (Å²) >= 11 is 0. The minimum Gasteiger partial charge on any atom is -0.338 e. The average Bonchev–Trinajstić information content (AvgIpc) is 2.94. The van der Waals surface area contributed by atoms with Crippen molar-refractivity contribution in [2.45, 2.75) is 6.92 Å². The molecule has 4 aromatic rings. The van der Waals surface area contributed by atoms with Gasteiger partial charge >= 0.3 is 0 Å². The fourth-order valence-electron chi connectivity index (χ4n) is 2.39. The van der Waals surface area contributed by atoms with E-state index in [2.05, 4.69) is 30.7 Å². The Balaban J connectivity index is 1.59. The van der Waals surface area contributed by atoms with E-state index in [0.29, 0.717) is 11.6 Å². The summed E-state index contributed by atoms with van der Waals surface area (Å²) in [6.45, 7) is 2.05. The molecule has 6 heteroatoms. The van der Waals surface area contributed by atoms with Crippen molar-refractivity contribution in [1.29, 1.82) is 0 Å². The van der Waals surface area contributed by atoms with Crippen molar-refractivity contribution in [2.75, 3.05) is 5.43 Å². The second-order valence-corrected chi connectivity index (χ2v) is 5.28. The number of benzene rings is 2. The summed E-state index contributed by atoms with van der Waals surface area (Å²) < 4.78 is 0. The van der Waals surface area contributed by atoms with Crippen molar-refractivity contribution in [1.82, 2.24) is 20.2 Å². The maximum Gasteiger partial charge on any atom is 0.265 e. The second-order valence-electron chi connectivity index (χ2n) is 5.28. The highest BCUT2D eigenvalue weighted by Crippen LogP contribution is 2.21. The average molecular weight is 302 g/mol. The first-order valence-corrected chi connectivity index (χ1v) is 7.26. The first-order valence-electron chi connectivity index (χ1n) is 7.26. The van der Waals surface area contributed by atoms with E-state index in [1.807, 2.05) is 55.5 Å². The number of anilines is 1. The van der Waals surface area contributed by atoms with Crippen molar-refractivity contribution >= 4 is 34.2 Å². The molecule has 0 saturated carbocycles. The highest BCUT2D eigenvalue weighted by Gasteiger charge is 2.07. The fraction of sp³-hybridized carbons (Fsp3) is 0.0588. The molecule has 0 aliphatic carbocycles. The molecule has 0 aliphatic heterocycles. The van der Waals surface area contributed by atoms with Gasteiger partial charge in [0.25, 0.3) is 5.95 Å². The van der Waals surface area contributed by atoms with Crippen molar-refractivity contribution in [2.24, 2.45) is 5.10 Å².